The molecule has 2 heterocycles. The van der Waals surface area contributed by atoms with Crippen LogP contribution in [0.5, 0.6) is 0 Å². The summed E-state index contributed by atoms with van der Waals surface area (Å²) in [6.45, 7) is 8.58. The van der Waals surface area contributed by atoms with Gasteiger partial charge in [0.2, 0.25) is 0 Å². The van der Waals surface area contributed by atoms with Crippen LogP contribution in [0.1, 0.15) is 40.6 Å². The zero-order valence-electron chi connectivity index (χ0n) is 12.8. The van der Waals surface area contributed by atoms with Crippen LogP contribution in [0.2, 0.25) is 0 Å². The van der Waals surface area contributed by atoms with Crippen LogP contribution in [0, 0.1) is 18.8 Å². The molecule has 122 valence electrons. The molecule has 1 amide bonds. The highest BCUT2D eigenvalue weighted by molar-refractivity contribution is 7.13. The average Bonchev–Trinajstić information content (AvgIpc) is 2.94. The number of halogens is 2. The highest BCUT2D eigenvalue weighted by atomic mass is 35.5. The van der Waals surface area contributed by atoms with Crippen LogP contribution < -0.4 is 5.73 Å². The fourth-order valence-corrected chi connectivity index (χ4v) is 3.43. The van der Waals surface area contributed by atoms with E-state index >= 15 is 0 Å². The van der Waals surface area contributed by atoms with Gasteiger partial charge in [0.1, 0.15) is 4.88 Å². The van der Waals surface area contributed by atoms with E-state index in [2.05, 4.69) is 18.8 Å². The minimum Gasteiger partial charge on any atom is -0.338 e. The molecule has 1 unspecified atom stereocenters. The fourth-order valence-electron chi connectivity index (χ4n) is 2.52. The lowest BCUT2D eigenvalue weighted by molar-refractivity contribution is 0.0791. The summed E-state index contributed by atoms with van der Waals surface area (Å²) in [5, 5.41) is 0.980. The number of aromatic nitrogens is 1. The number of amides is 1. The van der Waals surface area contributed by atoms with Gasteiger partial charge in [-0.05, 0) is 38.1 Å². The highest BCUT2D eigenvalue weighted by Crippen LogP contribution is 2.25. The van der Waals surface area contributed by atoms with E-state index in [0.29, 0.717) is 18.4 Å². The molecule has 0 bridgehead atoms. The van der Waals surface area contributed by atoms with Gasteiger partial charge in [0.15, 0.2) is 0 Å². The molecule has 1 fully saturated rings. The number of likely N-dealkylation sites (tertiary alicyclic amines) is 1. The van der Waals surface area contributed by atoms with Gasteiger partial charge in [-0.15, -0.1) is 36.2 Å². The number of carbonyl (C=O) groups is 1. The smallest absolute Gasteiger partial charge is 0.265 e. The van der Waals surface area contributed by atoms with Gasteiger partial charge in [0.25, 0.3) is 5.91 Å². The van der Waals surface area contributed by atoms with Crippen LogP contribution >= 0.6 is 36.2 Å². The molecule has 1 aromatic heterocycles. The van der Waals surface area contributed by atoms with Gasteiger partial charge in [0, 0.05) is 13.1 Å². The Morgan fingerprint density at radius 1 is 1.48 bits per heavy atom. The topological polar surface area (TPSA) is 59.2 Å². The highest BCUT2D eigenvalue weighted by Gasteiger charge is 2.29. The first-order valence-corrected chi connectivity index (χ1v) is 7.78. The summed E-state index contributed by atoms with van der Waals surface area (Å²) >= 11 is 1.53. The number of carbonyl (C=O) groups excluding carboxylic acids is 1. The molecule has 0 radical (unpaired) electrons. The van der Waals surface area contributed by atoms with Crippen LogP contribution in [0.15, 0.2) is 0 Å². The molecular weight excluding hydrogens is 329 g/mol. The number of aryl methyl sites for hydroxylation is 1. The Balaban J connectivity index is 0.00000200. The third-order valence-electron chi connectivity index (χ3n) is 3.51. The maximum absolute atomic E-state index is 12.6. The standard InChI is InChI=1S/C14H23N3OS.2ClH/c1-9(2)6-12-13(19-10(3)16-12)14(18)17-5-4-11(7-15)8-17;;/h9,11H,4-8,15H2,1-3H3;2*1H. The SMILES string of the molecule is Cc1nc(CC(C)C)c(C(=O)N2CCC(CN)C2)s1.Cl.Cl. The molecule has 21 heavy (non-hydrogen) atoms. The molecule has 1 atom stereocenters. The Morgan fingerprint density at radius 2 is 2.14 bits per heavy atom. The second-order valence-corrected chi connectivity index (χ2v) is 6.95. The van der Waals surface area contributed by atoms with Gasteiger partial charge in [-0.25, -0.2) is 4.98 Å². The predicted molar refractivity (Wildman–Crippen MR) is 93.0 cm³/mol. The van der Waals surface area contributed by atoms with Crippen molar-refractivity contribution >= 4 is 42.1 Å². The van der Waals surface area contributed by atoms with Gasteiger partial charge < -0.3 is 10.6 Å². The molecule has 1 aliphatic rings. The van der Waals surface area contributed by atoms with E-state index in [4.69, 9.17) is 5.73 Å². The Hall–Kier alpha value is -0.360. The normalized spacial score (nSPS) is 17.6. The largest absolute Gasteiger partial charge is 0.338 e. The van der Waals surface area contributed by atoms with Crippen molar-refractivity contribution in [2.24, 2.45) is 17.6 Å². The van der Waals surface area contributed by atoms with Crippen LogP contribution in [0.4, 0.5) is 0 Å². The zero-order valence-corrected chi connectivity index (χ0v) is 15.2. The summed E-state index contributed by atoms with van der Waals surface area (Å²) in [5.74, 6) is 1.13. The lowest BCUT2D eigenvalue weighted by Gasteiger charge is -2.16. The summed E-state index contributed by atoms with van der Waals surface area (Å²) in [6, 6.07) is 0. The Bertz CT molecular complexity index is 465. The number of thiazole rings is 1. The summed E-state index contributed by atoms with van der Waals surface area (Å²) in [5.41, 5.74) is 6.66. The number of hydrogen-bond donors (Lipinski definition) is 1. The number of hydrogen-bond acceptors (Lipinski definition) is 4. The Kier molecular flexibility index (Phi) is 8.78. The van der Waals surface area contributed by atoms with Crippen molar-refractivity contribution < 1.29 is 4.79 Å². The minimum atomic E-state index is 0. The van der Waals surface area contributed by atoms with E-state index in [1.165, 1.54) is 11.3 Å². The minimum absolute atomic E-state index is 0. The third kappa shape index (κ3) is 5.09. The summed E-state index contributed by atoms with van der Waals surface area (Å²) in [4.78, 5) is 19.9. The maximum atomic E-state index is 12.6. The molecule has 1 saturated heterocycles. The van der Waals surface area contributed by atoms with Crippen molar-refractivity contribution in [3.05, 3.63) is 15.6 Å². The first-order chi connectivity index (χ1) is 9.01. The van der Waals surface area contributed by atoms with Crippen LogP contribution in [0.3, 0.4) is 0 Å². The number of nitrogens with zero attached hydrogens (tertiary/aromatic N) is 2. The molecule has 1 aromatic rings. The average molecular weight is 354 g/mol. The second kappa shape index (κ2) is 8.93. The monoisotopic (exact) mass is 353 g/mol. The first-order valence-electron chi connectivity index (χ1n) is 6.97. The van der Waals surface area contributed by atoms with E-state index in [1.807, 2.05) is 11.8 Å². The maximum Gasteiger partial charge on any atom is 0.265 e. The van der Waals surface area contributed by atoms with Gasteiger partial charge in [-0.3, -0.25) is 4.79 Å². The van der Waals surface area contributed by atoms with E-state index in [1.54, 1.807) is 0 Å². The fraction of sp³-hybridized carbons (Fsp3) is 0.714. The molecular formula is C14H25Cl2N3OS. The molecule has 2 N–H and O–H groups in total. The number of nitrogens with two attached hydrogens (primary N) is 1. The Labute approximate surface area is 143 Å². The van der Waals surface area contributed by atoms with Crippen molar-refractivity contribution in [2.75, 3.05) is 19.6 Å². The van der Waals surface area contributed by atoms with Crippen LogP contribution in [-0.2, 0) is 6.42 Å². The van der Waals surface area contributed by atoms with Crippen molar-refractivity contribution in [2.45, 2.75) is 33.6 Å². The summed E-state index contributed by atoms with van der Waals surface area (Å²) in [6.07, 6.45) is 1.90. The van der Waals surface area contributed by atoms with Crippen molar-refractivity contribution in [1.82, 2.24) is 9.88 Å². The van der Waals surface area contributed by atoms with Gasteiger partial charge in [-0.2, -0.15) is 0 Å². The molecule has 0 aliphatic carbocycles. The molecule has 1 aliphatic heterocycles. The predicted octanol–water partition coefficient (Wildman–Crippen LogP) is 2.91. The second-order valence-electron chi connectivity index (χ2n) is 5.75. The number of rotatable bonds is 4. The van der Waals surface area contributed by atoms with E-state index < -0.39 is 0 Å². The molecule has 0 aromatic carbocycles. The van der Waals surface area contributed by atoms with Crippen molar-refractivity contribution in [3.8, 4) is 0 Å². The van der Waals surface area contributed by atoms with E-state index in [9.17, 15) is 4.79 Å². The molecule has 4 nitrogen and oxygen atoms in total. The van der Waals surface area contributed by atoms with Crippen LogP contribution in [-0.4, -0.2) is 35.4 Å². The quantitative estimate of drug-likeness (QED) is 0.904. The van der Waals surface area contributed by atoms with Crippen molar-refractivity contribution in [3.63, 3.8) is 0 Å². The first kappa shape index (κ1) is 20.6. The third-order valence-corrected chi connectivity index (χ3v) is 4.51. The van der Waals surface area contributed by atoms with Crippen LogP contribution in [0.25, 0.3) is 0 Å². The molecule has 2 rings (SSSR count). The van der Waals surface area contributed by atoms with Gasteiger partial charge >= 0.3 is 0 Å². The van der Waals surface area contributed by atoms with Crippen molar-refractivity contribution in [1.29, 1.82) is 0 Å². The molecule has 0 spiro atoms. The lowest BCUT2D eigenvalue weighted by atomic mass is 10.1. The van der Waals surface area contributed by atoms with E-state index in [0.717, 1.165) is 41.5 Å². The molecule has 7 heteroatoms. The Morgan fingerprint density at radius 3 is 2.67 bits per heavy atom. The van der Waals surface area contributed by atoms with Gasteiger partial charge in [-0.1, -0.05) is 13.8 Å². The summed E-state index contributed by atoms with van der Waals surface area (Å²) < 4.78 is 0. The van der Waals surface area contributed by atoms with Gasteiger partial charge in [0.05, 0.1) is 10.7 Å². The molecule has 0 saturated carbocycles. The van der Waals surface area contributed by atoms with E-state index in [-0.39, 0.29) is 30.7 Å². The summed E-state index contributed by atoms with van der Waals surface area (Å²) in [7, 11) is 0. The lowest BCUT2D eigenvalue weighted by Crippen LogP contribution is -2.30. The zero-order chi connectivity index (χ0) is 14.0.